The van der Waals surface area contributed by atoms with Crippen LogP contribution in [0.5, 0.6) is 11.6 Å². The van der Waals surface area contributed by atoms with E-state index in [4.69, 9.17) is 42.1 Å². The third-order valence-electron chi connectivity index (χ3n) is 6.53. The van der Waals surface area contributed by atoms with E-state index in [0.29, 0.717) is 11.1 Å². The average Bonchev–Trinajstić information content (AvgIpc) is 2.98. The Morgan fingerprint density at radius 3 is 2.64 bits per heavy atom. The molecular formula is C30H29Cl2FN2O8S. The fraction of sp³-hybridized carbons (Fsp3) is 0.300. The third kappa shape index (κ3) is 7.79. The summed E-state index contributed by atoms with van der Waals surface area (Å²) in [7, 11) is -3.15. The highest BCUT2D eigenvalue weighted by Crippen LogP contribution is 2.41. The molecule has 0 spiro atoms. The summed E-state index contributed by atoms with van der Waals surface area (Å²) < 4.78 is 65.5. The number of esters is 2. The molecule has 0 bridgehead atoms. The van der Waals surface area contributed by atoms with Gasteiger partial charge in [-0.1, -0.05) is 41.4 Å². The number of fused-ring (bicyclic) bond motifs is 1. The highest BCUT2D eigenvalue weighted by atomic mass is 35.5. The highest BCUT2D eigenvalue weighted by molar-refractivity contribution is 7.93. The van der Waals surface area contributed by atoms with Gasteiger partial charge in [-0.2, -0.15) is 0 Å². The van der Waals surface area contributed by atoms with Gasteiger partial charge in [0.15, 0.2) is 4.90 Å². The Hall–Kier alpha value is -3.87. The molecule has 0 unspecified atom stereocenters. The number of rotatable bonds is 11. The molecule has 1 atom stereocenters. The first-order valence-electron chi connectivity index (χ1n) is 13.4. The van der Waals surface area contributed by atoms with Gasteiger partial charge >= 0.3 is 11.9 Å². The maximum Gasteiger partial charge on any atom is 0.305 e. The van der Waals surface area contributed by atoms with E-state index in [1.165, 1.54) is 38.4 Å². The lowest BCUT2D eigenvalue weighted by molar-refractivity contribution is -0.142. The van der Waals surface area contributed by atoms with Crippen molar-refractivity contribution in [2.45, 2.75) is 37.7 Å². The Labute approximate surface area is 264 Å². The van der Waals surface area contributed by atoms with Gasteiger partial charge in [0.1, 0.15) is 30.9 Å². The number of allylic oxidation sites excluding steroid dienone is 1. The van der Waals surface area contributed by atoms with Crippen LogP contribution in [-0.2, 0) is 29.1 Å². The zero-order chi connectivity index (χ0) is 32.0. The van der Waals surface area contributed by atoms with Crippen LogP contribution in [0.15, 0.2) is 53.6 Å². The van der Waals surface area contributed by atoms with Crippen molar-refractivity contribution in [3.8, 4) is 11.6 Å². The van der Waals surface area contributed by atoms with Crippen LogP contribution in [0.3, 0.4) is 0 Å². The second-order valence-electron chi connectivity index (χ2n) is 9.69. The molecule has 0 fully saturated rings. The minimum atomic E-state index is -4.41. The number of benzene rings is 2. The number of carbonyl (C=O) groups excluding carboxylic acids is 2. The molecule has 0 radical (unpaired) electrons. The van der Waals surface area contributed by atoms with Gasteiger partial charge in [-0.15, -0.1) is 0 Å². The number of carbonyl (C=O) groups is 2. The predicted molar refractivity (Wildman–Crippen MR) is 163 cm³/mol. The Bertz CT molecular complexity index is 1680. The monoisotopic (exact) mass is 666 g/mol. The van der Waals surface area contributed by atoms with E-state index >= 15 is 0 Å². The number of hydrogen-bond acceptors (Lipinski definition) is 9. The zero-order valence-corrected chi connectivity index (χ0v) is 26.3. The molecule has 2 heterocycles. The average molecular weight is 668 g/mol. The fourth-order valence-corrected chi connectivity index (χ4v) is 6.66. The lowest BCUT2D eigenvalue weighted by atomic mass is 10.0. The zero-order valence-electron chi connectivity index (χ0n) is 24.0. The van der Waals surface area contributed by atoms with Crippen LogP contribution in [0, 0.1) is 5.82 Å². The van der Waals surface area contributed by atoms with E-state index in [1.54, 1.807) is 37.3 Å². The minimum absolute atomic E-state index is 0.00294. The van der Waals surface area contributed by atoms with Crippen LogP contribution >= 0.6 is 23.2 Å². The van der Waals surface area contributed by atoms with Crippen molar-refractivity contribution >= 4 is 62.5 Å². The molecule has 0 amide bonds. The molecule has 2 aromatic carbocycles. The van der Waals surface area contributed by atoms with Crippen molar-refractivity contribution in [1.29, 1.82) is 0 Å². The summed E-state index contributed by atoms with van der Waals surface area (Å²) >= 11 is 12.4. The standard InChI is InChI=1S/C30H29Cl2FN2O8S/c1-18(29-23(32)5-4-6-24(29)33)13-20-7-9-26-25(14-20)35(17-22(43-26)8-10-28(37)40-3)44(38,39)27-15-21(31)16-34-30(27)42-12-11-41-19(2)36/h4-7,9,13-16,22H,8,10-12,17H2,1-3H3/t22-/m0/s1. The maximum atomic E-state index is 14.6. The van der Waals surface area contributed by atoms with Gasteiger partial charge in [0.05, 0.1) is 29.4 Å². The molecule has 1 aliphatic heterocycles. The van der Waals surface area contributed by atoms with Gasteiger partial charge in [0.2, 0.25) is 5.88 Å². The van der Waals surface area contributed by atoms with Gasteiger partial charge in [0.25, 0.3) is 10.0 Å². The topological polar surface area (TPSA) is 121 Å². The van der Waals surface area contributed by atoms with Crippen molar-refractivity contribution in [2.24, 2.45) is 0 Å². The van der Waals surface area contributed by atoms with Crippen molar-refractivity contribution in [3.05, 3.63) is 75.7 Å². The molecular weight excluding hydrogens is 638 g/mol. The summed E-state index contributed by atoms with van der Waals surface area (Å²) in [6.45, 7) is 2.46. The fourth-order valence-electron chi connectivity index (χ4n) is 4.52. The van der Waals surface area contributed by atoms with Crippen LogP contribution in [0.4, 0.5) is 10.1 Å². The number of aromatic nitrogens is 1. The minimum Gasteiger partial charge on any atom is -0.486 e. The Kier molecular flexibility index (Phi) is 10.7. The second kappa shape index (κ2) is 14.3. The molecule has 4 rings (SSSR count). The summed E-state index contributed by atoms with van der Waals surface area (Å²) in [6.07, 6.45) is 2.36. The number of hydrogen-bond donors (Lipinski definition) is 0. The van der Waals surface area contributed by atoms with Crippen LogP contribution < -0.4 is 13.8 Å². The Balaban J connectivity index is 1.77. The van der Waals surface area contributed by atoms with E-state index in [-0.39, 0.29) is 70.4 Å². The van der Waals surface area contributed by atoms with Gasteiger partial charge in [-0.25, -0.2) is 17.8 Å². The number of pyridine rings is 1. The van der Waals surface area contributed by atoms with Crippen molar-refractivity contribution in [2.75, 3.05) is 31.2 Å². The molecule has 0 aliphatic carbocycles. The lowest BCUT2D eigenvalue weighted by Crippen LogP contribution is -2.44. The van der Waals surface area contributed by atoms with E-state index in [2.05, 4.69) is 4.98 Å². The SMILES string of the molecule is COC(=O)CC[C@H]1CN(S(=O)(=O)c2cc(Cl)cnc2OCCOC(C)=O)c2cc(C=C(C)c3c(F)cccc3Cl)ccc2O1. The van der Waals surface area contributed by atoms with Crippen molar-refractivity contribution < 1.29 is 41.3 Å². The number of methoxy groups -OCH3 is 1. The number of sulfonamides is 1. The molecule has 1 aliphatic rings. The van der Waals surface area contributed by atoms with E-state index in [1.807, 2.05) is 0 Å². The van der Waals surface area contributed by atoms with Crippen LogP contribution in [0.2, 0.25) is 10.0 Å². The van der Waals surface area contributed by atoms with E-state index < -0.39 is 33.9 Å². The third-order valence-corrected chi connectivity index (χ3v) is 8.83. The first-order valence-corrected chi connectivity index (χ1v) is 15.5. The molecule has 1 aromatic heterocycles. The van der Waals surface area contributed by atoms with E-state index in [0.717, 1.165) is 4.31 Å². The van der Waals surface area contributed by atoms with Gasteiger partial charge in [0, 0.05) is 25.1 Å². The first-order chi connectivity index (χ1) is 20.9. The summed E-state index contributed by atoms with van der Waals surface area (Å²) in [5, 5.41) is 0.271. The molecule has 3 aromatic rings. The Morgan fingerprint density at radius 2 is 1.93 bits per heavy atom. The summed E-state index contributed by atoms with van der Waals surface area (Å²) in [5.74, 6) is -1.51. The predicted octanol–water partition coefficient (Wildman–Crippen LogP) is 5.94. The largest absolute Gasteiger partial charge is 0.486 e. The molecule has 44 heavy (non-hydrogen) atoms. The molecule has 10 nitrogen and oxygen atoms in total. The van der Waals surface area contributed by atoms with Gasteiger partial charge < -0.3 is 18.9 Å². The number of nitrogens with zero attached hydrogens (tertiary/aromatic N) is 2. The molecule has 0 saturated carbocycles. The Morgan fingerprint density at radius 1 is 1.16 bits per heavy atom. The van der Waals surface area contributed by atoms with Gasteiger partial charge in [-0.3, -0.25) is 13.9 Å². The van der Waals surface area contributed by atoms with Crippen molar-refractivity contribution in [1.82, 2.24) is 4.98 Å². The molecule has 0 saturated heterocycles. The highest BCUT2D eigenvalue weighted by Gasteiger charge is 2.37. The molecule has 234 valence electrons. The smallest absolute Gasteiger partial charge is 0.305 e. The molecule has 0 N–H and O–H groups in total. The summed E-state index contributed by atoms with van der Waals surface area (Å²) in [4.78, 5) is 26.7. The first kappa shape index (κ1) is 33.0. The summed E-state index contributed by atoms with van der Waals surface area (Å²) in [5.41, 5.74) is 1.46. The van der Waals surface area contributed by atoms with Crippen LogP contribution in [-0.4, -0.2) is 58.3 Å². The number of halogens is 3. The van der Waals surface area contributed by atoms with Crippen molar-refractivity contribution in [3.63, 3.8) is 0 Å². The van der Waals surface area contributed by atoms with E-state index in [9.17, 15) is 22.4 Å². The van der Waals surface area contributed by atoms with Gasteiger partial charge in [-0.05, 0) is 54.8 Å². The second-order valence-corrected chi connectivity index (χ2v) is 12.4. The number of anilines is 1. The number of ether oxygens (including phenoxy) is 4. The maximum absolute atomic E-state index is 14.6. The quantitative estimate of drug-likeness (QED) is 0.139. The lowest BCUT2D eigenvalue weighted by Gasteiger charge is -2.35. The van der Waals surface area contributed by atoms with Crippen LogP contribution in [0.1, 0.15) is 37.8 Å². The summed E-state index contributed by atoms with van der Waals surface area (Å²) in [6, 6.07) is 10.5. The van der Waals surface area contributed by atoms with Crippen LogP contribution in [0.25, 0.3) is 11.6 Å². The normalized spacial score (nSPS) is 14.8. The molecule has 14 heteroatoms.